The van der Waals surface area contributed by atoms with Gasteiger partial charge in [0.25, 0.3) is 5.56 Å². The predicted octanol–water partition coefficient (Wildman–Crippen LogP) is 2.83. The van der Waals surface area contributed by atoms with E-state index in [1.807, 2.05) is 0 Å². The third-order valence-electron chi connectivity index (χ3n) is 6.80. The van der Waals surface area contributed by atoms with Crippen molar-refractivity contribution in [3.05, 3.63) is 114 Å². The molecule has 0 bridgehead atoms. The highest BCUT2D eigenvalue weighted by molar-refractivity contribution is 7.95. The number of hydrogen-bond donors (Lipinski definition) is 1. The van der Waals surface area contributed by atoms with E-state index in [0.717, 1.165) is 15.9 Å². The van der Waals surface area contributed by atoms with Crippen molar-refractivity contribution in [3.63, 3.8) is 0 Å². The molecule has 0 fully saturated rings. The van der Waals surface area contributed by atoms with Crippen molar-refractivity contribution in [2.24, 2.45) is 5.73 Å². The highest BCUT2D eigenvalue weighted by Gasteiger charge is 2.42. The average molecular weight is 605 g/mol. The Kier molecular flexibility index (Phi) is 8.06. The molecule has 0 radical (unpaired) electrons. The van der Waals surface area contributed by atoms with Crippen LogP contribution in [0, 0.1) is 0 Å². The van der Waals surface area contributed by atoms with Crippen molar-refractivity contribution >= 4 is 44.6 Å². The summed E-state index contributed by atoms with van der Waals surface area (Å²) in [6.07, 6.45) is 1.65. The van der Waals surface area contributed by atoms with Crippen molar-refractivity contribution < 1.29 is 27.4 Å². The fourth-order valence-corrected chi connectivity index (χ4v) is 7.66. The second-order valence-corrected chi connectivity index (χ2v) is 12.2. The monoisotopic (exact) mass is 604 g/mol. The number of methoxy groups -OCH3 is 2. The minimum atomic E-state index is -4.31. The van der Waals surface area contributed by atoms with Crippen molar-refractivity contribution in [3.8, 4) is 11.5 Å². The molecule has 216 valence electrons. The summed E-state index contributed by atoms with van der Waals surface area (Å²) in [6, 6.07) is 21.5. The number of allylic oxidation sites excluding steroid dienone is 1. The maximum absolute atomic E-state index is 14.3. The van der Waals surface area contributed by atoms with Gasteiger partial charge in [0.1, 0.15) is 26.9 Å². The number of rotatable bonds is 8. The van der Waals surface area contributed by atoms with Gasteiger partial charge in [-0.25, -0.2) is 13.2 Å². The number of hydrogen-bond acceptors (Lipinski definition) is 9. The molecule has 0 aliphatic carbocycles. The lowest BCUT2D eigenvalue weighted by Crippen LogP contribution is -2.41. The number of sulfone groups is 1. The number of benzene rings is 3. The molecule has 9 nitrogen and oxygen atoms in total. The lowest BCUT2D eigenvalue weighted by molar-refractivity contribution is -0.136. The van der Waals surface area contributed by atoms with Gasteiger partial charge >= 0.3 is 5.97 Å². The van der Waals surface area contributed by atoms with Gasteiger partial charge in [-0.05, 0) is 60.5 Å². The number of carbonyl (C=O) groups excluding carboxylic acids is 1. The highest BCUT2D eigenvalue weighted by atomic mass is 32.2. The number of esters is 1. The fourth-order valence-electron chi connectivity index (χ4n) is 4.79. The van der Waals surface area contributed by atoms with Crippen LogP contribution >= 0.6 is 11.3 Å². The third kappa shape index (κ3) is 5.12. The maximum atomic E-state index is 14.3. The van der Waals surface area contributed by atoms with Crippen LogP contribution in [0.4, 0.5) is 0 Å². The smallest absolute Gasteiger partial charge is 0.338 e. The first kappa shape index (κ1) is 28.9. The van der Waals surface area contributed by atoms with Crippen LogP contribution in [-0.4, -0.2) is 39.8 Å². The number of nitrogens with zero attached hydrogens (tertiary/aromatic N) is 1. The van der Waals surface area contributed by atoms with Gasteiger partial charge in [0.2, 0.25) is 9.84 Å². The lowest BCUT2D eigenvalue weighted by atomic mass is 9.89. The Morgan fingerprint density at radius 1 is 0.952 bits per heavy atom. The average Bonchev–Trinajstić information content (AvgIpc) is 3.33. The molecule has 3 aromatic carbocycles. The molecule has 2 N–H and O–H groups in total. The standard InChI is InChI=1S/C31H28N2O7S2/c1-4-40-31(35)26-25(20-12-16-22(39-3)17-13-20)27(42(36,37)23-8-6-5-7-9-23)28(32)33-29(34)24(41-30(26)33)18-19-10-14-21(38-2)15-11-19/h5-18,25H,4,32H2,1-3H3/b24-18-/t25-/m0/s1. The number of thiazole rings is 1. The highest BCUT2D eigenvalue weighted by Crippen LogP contribution is 2.42. The summed E-state index contributed by atoms with van der Waals surface area (Å²) in [7, 11) is -1.24. The first-order valence-corrected chi connectivity index (χ1v) is 15.2. The quantitative estimate of drug-likeness (QED) is 0.304. The van der Waals surface area contributed by atoms with E-state index in [2.05, 4.69) is 0 Å². The van der Waals surface area contributed by atoms with Gasteiger partial charge in [0.15, 0.2) is 0 Å². The summed E-state index contributed by atoms with van der Waals surface area (Å²) in [5.41, 5.74) is 7.24. The van der Waals surface area contributed by atoms with Crippen molar-refractivity contribution in [1.29, 1.82) is 0 Å². The van der Waals surface area contributed by atoms with Gasteiger partial charge in [-0.15, -0.1) is 11.3 Å². The van der Waals surface area contributed by atoms with Gasteiger partial charge in [-0.2, -0.15) is 0 Å². The summed E-state index contributed by atoms with van der Waals surface area (Å²) < 4.78 is 46.0. The molecule has 1 aliphatic rings. The molecule has 0 saturated carbocycles. The van der Waals surface area contributed by atoms with Crippen LogP contribution in [0.1, 0.15) is 24.0 Å². The Bertz CT molecular complexity index is 1960. The number of nitrogens with two attached hydrogens (primary N) is 1. The Hall–Kier alpha value is -4.61. The molecular formula is C31H28N2O7S2. The zero-order valence-electron chi connectivity index (χ0n) is 23.1. The van der Waals surface area contributed by atoms with E-state index in [4.69, 9.17) is 19.9 Å². The Labute approximate surface area is 246 Å². The van der Waals surface area contributed by atoms with Crippen LogP contribution in [0.25, 0.3) is 17.5 Å². The Morgan fingerprint density at radius 2 is 1.55 bits per heavy atom. The molecule has 1 aromatic heterocycles. The SMILES string of the molecule is CCOC(=O)C1=c2s/c(=C\c3ccc(OC)cc3)c(=O)n2C(N)=C(S(=O)(=O)c2ccccc2)[C@H]1c1ccc(OC)cc1. The minimum absolute atomic E-state index is 0.00204. The number of ether oxygens (including phenoxy) is 3. The maximum Gasteiger partial charge on any atom is 0.338 e. The third-order valence-corrected chi connectivity index (χ3v) is 9.82. The zero-order valence-corrected chi connectivity index (χ0v) is 24.7. The van der Waals surface area contributed by atoms with Crippen molar-refractivity contribution in [2.45, 2.75) is 17.7 Å². The van der Waals surface area contributed by atoms with Gasteiger partial charge in [-0.1, -0.05) is 42.5 Å². The molecule has 0 unspecified atom stereocenters. The summed E-state index contributed by atoms with van der Waals surface area (Å²) in [4.78, 5) is 27.2. The topological polar surface area (TPSA) is 127 Å². The van der Waals surface area contributed by atoms with Crippen LogP contribution in [0.15, 0.2) is 93.5 Å². The van der Waals surface area contributed by atoms with Gasteiger partial charge in [0.05, 0.1) is 41.7 Å². The van der Waals surface area contributed by atoms with Crippen LogP contribution in [0.5, 0.6) is 11.5 Å². The number of aromatic nitrogens is 1. The lowest BCUT2D eigenvalue weighted by Gasteiger charge is -2.28. The van der Waals surface area contributed by atoms with Crippen LogP contribution in [-0.2, 0) is 19.4 Å². The first-order valence-electron chi connectivity index (χ1n) is 12.9. The molecule has 2 heterocycles. The van der Waals surface area contributed by atoms with Crippen molar-refractivity contribution in [1.82, 2.24) is 4.57 Å². The molecular weight excluding hydrogens is 576 g/mol. The zero-order chi connectivity index (χ0) is 30.0. The molecule has 1 atom stereocenters. The summed E-state index contributed by atoms with van der Waals surface area (Å²) in [6.45, 7) is 1.69. The second kappa shape index (κ2) is 11.7. The molecule has 1 aliphatic heterocycles. The number of fused-ring (bicyclic) bond motifs is 1. The largest absolute Gasteiger partial charge is 0.497 e. The molecule has 0 amide bonds. The summed E-state index contributed by atoms with van der Waals surface area (Å²) in [5.74, 6) is -0.999. The van der Waals surface area contributed by atoms with Crippen LogP contribution in [0.2, 0.25) is 0 Å². The minimum Gasteiger partial charge on any atom is -0.497 e. The van der Waals surface area contributed by atoms with Gasteiger partial charge in [-0.3, -0.25) is 9.36 Å². The van der Waals surface area contributed by atoms with E-state index >= 15 is 0 Å². The summed E-state index contributed by atoms with van der Waals surface area (Å²) >= 11 is 1.04. The van der Waals surface area contributed by atoms with E-state index in [9.17, 15) is 18.0 Å². The van der Waals surface area contributed by atoms with Crippen LogP contribution in [0.3, 0.4) is 0 Å². The molecule has 42 heavy (non-hydrogen) atoms. The van der Waals surface area contributed by atoms with E-state index < -0.39 is 27.3 Å². The van der Waals surface area contributed by atoms with Gasteiger partial charge < -0.3 is 19.9 Å². The predicted molar refractivity (Wildman–Crippen MR) is 161 cm³/mol. The molecule has 5 rings (SSSR count). The molecule has 4 aromatic rings. The van der Waals surface area contributed by atoms with E-state index in [0.29, 0.717) is 22.6 Å². The Balaban J connectivity index is 1.89. The van der Waals surface area contributed by atoms with E-state index in [1.54, 1.807) is 86.8 Å². The molecule has 0 saturated heterocycles. The first-order chi connectivity index (χ1) is 20.2. The van der Waals surface area contributed by atoms with Gasteiger partial charge in [0, 0.05) is 0 Å². The van der Waals surface area contributed by atoms with Crippen LogP contribution < -0.4 is 30.0 Å². The fraction of sp³-hybridized carbons (Fsp3) is 0.161. The van der Waals surface area contributed by atoms with E-state index in [-0.39, 0.29) is 37.0 Å². The van der Waals surface area contributed by atoms with Crippen molar-refractivity contribution in [2.75, 3.05) is 20.8 Å². The normalized spacial score (nSPS) is 15.4. The number of carbonyl (C=O) groups is 1. The van der Waals surface area contributed by atoms with E-state index in [1.165, 1.54) is 19.2 Å². The molecule has 11 heteroatoms. The molecule has 0 spiro atoms. The second-order valence-electron chi connectivity index (χ2n) is 9.24. The summed E-state index contributed by atoms with van der Waals surface area (Å²) in [5, 5.41) is 0. The Morgan fingerprint density at radius 3 is 2.12 bits per heavy atom.